The predicted octanol–water partition coefficient (Wildman–Crippen LogP) is 5.49. The van der Waals surface area contributed by atoms with Crippen molar-refractivity contribution in [3.05, 3.63) is 78.2 Å². The van der Waals surface area contributed by atoms with Gasteiger partial charge in [-0.2, -0.15) is 5.10 Å². The van der Waals surface area contributed by atoms with Crippen molar-refractivity contribution in [2.24, 2.45) is 5.10 Å². The van der Waals surface area contributed by atoms with E-state index in [-0.39, 0.29) is 11.7 Å². The number of amides is 2. The van der Waals surface area contributed by atoms with Gasteiger partial charge in [-0.3, -0.25) is 9.59 Å². The Morgan fingerprint density at radius 1 is 1.09 bits per heavy atom. The van der Waals surface area contributed by atoms with Crippen molar-refractivity contribution in [3.63, 3.8) is 0 Å². The minimum absolute atomic E-state index is 0.119. The highest BCUT2D eigenvalue weighted by atomic mass is 79.9. The van der Waals surface area contributed by atoms with Crippen LogP contribution < -0.4 is 10.7 Å². The molecule has 0 atom stereocenters. The van der Waals surface area contributed by atoms with Crippen LogP contribution in [0.5, 0.6) is 5.75 Å². The minimum atomic E-state index is -0.430. The Morgan fingerprint density at radius 3 is 2.52 bits per heavy atom. The fraction of sp³-hybridized carbons (Fsp3) is 0.0909. The normalized spacial score (nSPS) is 11.4. The van der Waals surface area contributed by atoms with Crippen LogP contribution >= 0.6 is 49.9 Å². The van der Waals surface area contributed by atoms with Gasteiger partial charge < -0.3 is 10.4 Å². The number of benzene rings is 1. The van der Waals surface area contributed by atoms with E-state index < -0.39 is 5.91 Å². The highest BCUT2D eigenvalue weighted by Gasteiger charge is 2.16. The van der Waals surface area contributed by atoms with E-state index in [0.717, 1.165) is 31.9 Å². The summed E-state index contributed by atoms with van der Waals surface area (Å²) in [5.41, 5.74) is 6.89. The third-order valence-electron chi connectivity index (χ3n) is 4.55. The average molecular weight is 562 g/mol. The Morgan fingerprint density at radius 2 is 1.82 bits per heavy atom. The Hall–Kier alpha value is -2.86. The van der Waals surface area contributed by atoms with Crippen molar-refractivity contribution >= 4 is 67.5 Å². The molecule has 33 heavy (non-hydrogen) atoms. The number of halogens is 1. The van der Waals surface area contributed by atoms with E-state index in [2.05, 4.69) is 36.8 Å². The van der Waals surface area contributed by atoms with Crippen LogP contribution in [-0.2, 0) is 6.54 Å². The molecule has 3 aromatic heterocycles. The van der Waals surface area contributed by atoms with Crippen LogP contribution in [0.1, 0.15) is 37.5 Å². The molecule has 7 nitrogen and oxygen atoms in total. The summed E-state index contributed by atoms with van der Waals surface area (Å²) in [6.45, 7) is 2.04. The number of aromatic nitrogens is 1. The fourth-order valence-corrected chi connectivity index (χ4v) is 5.48. The molecule has 0 bridgehead atoms. The molecule has 0 radical (unpaired) electrons. The number of hydrogen-bond acceptors (Lipinski definition) is 8. The van der Waals surface area contributed by atoms with Crippen LogP contribution in [0.15, 0.2) is 62.2 Å². The fourth-order valence-electron chi connectivity index (χ4n) is 2.83. The number of hydrogen-bond donors (Lipinski definition) is 3. The molecule has 0 spiro atoms. The summed E-state index contributed by atoms with van der Waals surface area (Å²) < 4.78 is 0.955. The van der Waals surface area contributed by atoms with Crippen LogP contribution in [0.3, 0.4) is 0 Å². The Bertz CT molecular complexity index is 1310. The second-order valence-electron chi connectivity index (χ2n) is 6.80. The number of aromatic hydroxyl groups is 1. The van der Waals surface area contributed by atoms with Crippen LogP contribution in [0, 0.1) is 0 Å². The summed E-state index contributed by atoms with van der Waals surface area (Å²) >= 11 is 7.34. The standard InChI is InChI=1S/C22H17BrN4O3S3/c1-12(16-10-32-20(19(16)28)13-2-4-14(23)5-3-13)26-27-22(30)18-7-6-17(33-18)21(29)24-8-15-9-31-11-25-15/h2-7,9-11,28H,8H2,1H3,(H,24,29)(H,27,30)/b26-12+. The van der Waals surface area contributed by atoms with E-state index in [0.29, 0.717) is 27.6 Å². The van der Waals surface area contributed by atoms with Crippen molar-refractivity contribution < 1.29 is 14.7 Å². The maximum atomic E-state index is 12.5. The van der Waals surface area contributed by atoms with Gasteiger partial charge in [-0.15, -0.1) is 34.0 Å². The smallest absolute Gasteiger partial charge is 0.281 e. The molecule has 0 saturated heterocycles. The van der Waals surface area contributed by atoms with Gasteiger partial charge in [-0.05, 0) is 36.8 Å². The number of rotatable bonds is 7. The number of carbonyl (C=O) groups excluding carboxylic acids is 2. The summed E-state index contributed by atoms with van der Waals surface area (Å²) in [6.07, 6.45) is 0. The lowest BCUT2D eigenvalue weighted by atomic mass is 10.1. The monoisotopic (exact) mass is 560 g/mol. The summed E-state index contributed by atoms with van der Waals surface area (Å²) in [5, 5.41) is 21.2. The van der Waals surface area contributed by atoms with E-state index >= 15 is 0 Å². The highest BCUT2D eigenvalue weighted by Crippen LogP contribution is 2.39. The molecule has 168 valence electrons. The molecule has 3 heterocycles. The Labute approximate surface area is 210 Å². The van der Waals surface area contributed by atoms with Gasteiger partial charge >= 0.3 is 0 Å². The number of thiazole rings is 1. The van der Waals surface area contributed by atoms with Gasteiger partial charge in [-0.25, -0.2) is 10.4 Å². The van der Waals surface area contributed by atoms with E-state index in [1.807, 2.05) is 29.6 Å². The molecule has 4 rings (SSSR count). The Kier molecular flexibility index (Phi) is 7.33. The summed E-state index contributed by atoms with van der Waals surface area (Å²) in [7, 11) is 0. The first kappa shape index (κ1) is 23.3. The second kappa shape index (κ2) is 10.4. The molecule has 0 aliphatic heterocycles. The second-order valence-corrected chi connectivity index (χ2v) is 10.4. The molecule has 11 heteroatoms. The molecule has 0 fully saturated rings. The third kappa shape index (κ3) is 5.56. The van der Waals surface area contributed by atoms with Gasteiger partial charge in [0.1, 0.15) is 5.75 Å². The minimum Gasteiger partial charge on any atom is -0.506 e. The first-order chi connectivity index (χ1) is 15.9. The highest BCUT2D eigenvalue weighted by molar-refractivity contribution is 9.10. The number of carbonyl (C=O) groups is 2. The van der Waals surface area contributed by atoms with Gasteiger partial charge in [0.05, 0.1) is 43.7 Å². The number of thiophene rings is 2. The lowest BCUT2D eigenvalue weighted by Crippen LogP contribution is -2.22. The van der Waals surface area contributed by atoms with Gasteiger partial charge in [-0.1, -0.05) is 28.1 Å². The zero-order valence-electron chi connectivity index (χ0n) is 17.2. The molecule has 0 aliphatic carbocycles. The van der Waals surface area contributed by atoms with Crippen LogP contribution in [0.4, 0.5) is 0 Å². The molecule has 1 aromatic carbocycles. The van der Waals surface area contributed by atoms with E-state index in [9.17, 15) is 14.7 Å². The van der Waals surface area contributed by atoms with Crippen LogP contribution in [-0.4, -0.2) is 27.6 Å². The molecule has 2 amide bonds. The van der Waals surface area contributed by atoms with Gasteiger partial charge in [0.25, 0.3) is 11.8 Å². The molecule has 3 N–H and O–H groups in total. The zero-order chi connectivity index (χ0) is 23.4. The van der Waals surface area contributed by atoms with Crippen molar-refractivity contribution in [2.45, 2.75) is 13.5 Å². The zero-order valence-corrected chi connectivity index (χ0v) is 21.2. The molecule has 4 aromatic rings. The predicted molar refractivity (Wildman–Crippen MR) is 136 cm³/mol. The summed E-state index contributed by atoms with van der Waals surface area (Å²) in [6, 6.07) is 10.8. The molecular weight excluding hydrogens is 544 g/mol. The molecular formula is C22H17BrN4O3S3. The number of nitrogens with zero attached hydrogens (tertiary/aromatic N) is 2. The quantitative estimate of drug-likeness (QED) is 0.205. The number of nitrogens with one attached hydrogen (secondary N) is 2. The van der Waals surface area contributed by atoms with Gasteiger partial charge in [0, 0.05) is 15.2 Å². The number of hydrazone groups is 1. The van der Waals surface area contributed by atoms with E-state index in [1.165, 1.54) is 22.7 Å². The van der Waals surface area contributed by atoms with Gasteiger partial charge in [0.15, 0.2) is 0 Å². The van der Waals surface area contributed by atoms with Crippen molar-refractivity contribution in [1.82, 2.24) is 15.7 Å². The van der Waals surface area contributed by atoms with Crippen molar-refractivity contribution in [3.8, 4) is 16.2 Å². The topological polar surface area (TPSA) is 104 Å². The first-order valence-electron chi connectivity index (χ1n) is 9.59. The van der Waals surface area contributed by atoms with Crippen molar-refractivity contribution in [1.29, 1.82) is 0 Å². The molecule has 0 saturated carbocycles. The summed E-state index contributed by atoms with van der Waals surface area (Å²) in [4.78, 5) is 30.4. The average Bonchev–Trinajstić information content (AvgIpc) is 3.57. The maximum Gasteiger partial charge on any atom is 0.281 e. The van der Waals surface area contributed by atoms with E-state index in [1.54, 1.807) is 29.9 Å². The first-order valence-corrected chi connectivity index (χ1v) is 13.0. The SMILES string of the molecule is C/C(=N\NC(=O)c1ccc(C(=O)NCc2cscn2)s1)c1csc(-c2ccc(Br)cc2)c1O. The van der Waals surface area contributed by atoms with Crippen LogP contribution in [0.25, 0.3) is 10.4 Å². The van der Waals surface area contributed by atoms with E-state index in [4.69, 9.17) is 0 Å². The largest absolute Gasteiger partial charge is 0.506 e. The van der Waals surface area contributed by atoms with Gasteiger partial charge in [0.2, 0.25) is 0 Å². The van der Waals surface area contributed by atoms with Crippen LogP contribution in [0.2, 0.25) is 0 Å². The lowest BCUT2D eigenvalue weighted by Gasteiger charge is -2.03. The lowest BCUT2D eigenvalue weighted by molar-refractivity contribution is 0.0949. The third-order valence-corrected chi connectivity index (χ3v) is 7.82. The molecule has 0 aliphatic rings. The molecule has 0 unspecified atom stereocenters. The van der Waals surface area contributed by atoms with Crippen molar-refractivity contribution in [2.75, 3.05) is 0 Å². The summed E-state index contributed by atoms with van der Waals surface area (Å²) in [5.74, 6) is -0.579. The Balaban J connectivity index is 1.39. The maximum absolute atomic E-state index is 12.5.